The Balaban J connectivity index is 2.20. The molecule has 0 radical (unpaired) electrons. The van der Waals surface area contributed by atoms with E-state index in [9.17, 15) is 30.3 Å². The molecule has 7 atom stereocenters. The molecule has 9 heteroatoms. The number of carbonyl (C=O) groups excluding carboxylic acids is 1. The van der Waals surface area contributed by atoms with Gasteiger partial charge in [0, 0.05) is 6.42 Å². The van der Waals surface area contributed by atoms with E-state index in [0.717, 1.165) is 64.2 Å². The van der Waals surface area contributed by atoms with Crippen LogP contribution in [-0.4, -0.2) is 87.5 Å². The Morgan fingerprint density at radius 2 is 0.953 bits per heavy atom. The Morgan fingerprint density at radius 1 is 0.531 bits per heavy atom. The van der Waals surface area contributed by atoms with Crippen LogP contribution in [-0.2, 0) is 14.3 Å². The van der Waals surface area contributed by atoms with Gasteiger partial charge >= 0.3 is 0 Å². The fourth-order valence-corrected chi connectivity index (χ4v) is 7.77. The summed E-state index contributed by atoms with van der Waals surface area (Å²) in [6.45, 7) is 3.68. The number of unbranched alkanes of at least 4 members (excludes halogenated alkanes) is 23. The lowest BCUT2D eigenvalue weighted by Crippen LogP contribution is -2.60. The number of aliphatic hydroxyl groups excluding tert-OH is 5. The highest BCUT2D eigenvalue weighted by Crippen LogP contribution is 2.22. The molecule has 6 N–H and O–H groups in total. The monoisotopic (exact) mass is 900 g/mol. The summed E-state index contributed by atoms with van der Waals surface area (Å²) in [4.78, 5) is 13.0. The van der Waals surface area contributed by atoms with Gasteiger partial charge in [0.25, 0.3) is 0 Å². The fraction of sp³-hybridized carbons (Fsp3) is 0.764. The first-order valence-electron chi connectivity index (χ1n) is 26.2. The van der Waals surface area contributed by atoms with Crippen molar-refractivity contribution >= 4 is 5.91 Å². The molecule has 0 aromatic rings. The van der Waals surface area contributed by atoms with Gasteiger partial charge in [0.1, 0.15) is 24.4 Å². The number of carbonyl (C=O) groups is 1. The minimum atomic E-state index is -1.58. The van der Waals surface area contributed by atoms with Gasteiger partial charge in [-0.05, 0) is 77.0 Å². The number of amides is 1. The SMILES string of the molecule is CCCC/C=C/CC/C=C/CC/C=C/C(O)C(COC1OC(CO)C(O)C(O)C1O)NC(=O)CCCCCCCCCCCCCCCC/C=C\C/C=C\C/C=C\CCCCCCC. The summed E-state index contributed by atoms with van der Waals surface area (Å²) in [5, 5.41) is 54.2. The van der Waals surface area contributed by atoms with Crippen molar-refractivity contribution in [3.8, 4) is 0 Å². The number of aliphatic hydroxyl groups is 5. The van der Waals surface area contributed by atoms with E-state index in [1.807, 2.05) is 6.08 Å². The molecule has 1 amide bonds. The van der Waals surface area contributed by atoms with Gasteiger partial charge in [-0.3, -0.25) is 4.79 Å². The molecule has 1 heterocycles. The highest BCUT2D eigenvalue weighted by Gasteiger charge is 2.44. The Hall–Kier alpha value is -2.37. The Kier molecular flexibility index (Phi) is 41.4. The highest BCUT2D eigenvalue weighted by atomic mass is 16.7. The third-order valence-electron chi connectivity index (χ3n) is 12.0. The van der Waals surface area contributed by atoms with Crippen molar-refractivity contribution in [2.45, 2.75) is 256 Å². The summed E-state index contributed by atoms with van der Waals surface area (Å²) in [6, 6.07) is -0.830. The maximum absolute atomic E-state index is 13.0. The van der Waals surface area contributed by atoms with Crippen LogP contribution in [0, 0.1) is 0 Å². The molecule has 1 fully saturated rings. The largest absolute Gasteiger partial charge is 0.394 e. The summed E-state index contributed by atoms with van der Waals surface area (Å²) in [6.07, 6.45) is 54.0. The van der Waals surface area contributed by atoms with Gasteiger partial charge in [-0.25, -0.2) is 0 Å². The zero-order valence-corrected chi connectivity index (χ0v) is 40.8. The van der Waals surface area contributed by atoms with E-state index in [1.165, 1.54) is 128 Å². The molecule has 64 heavy (non-hydrogen) atoms. The summed E-state index contributed by atoms with van der Waals surface area (Å²) in [5.74, 6) is -0.195. The summed E-state index contributed by atoms with van der Waals surface area (Å²) >= 11 is 0. The molecule has 0 aliphatic carbocycles. The predicted molar refractivity (Wildman–Crippen MR) is 267 cm³/mol. The van der Waals surface area contributed by atoms with Crippen molar-refractivity contribution in [2.75, 3.05) is 13.2 Å². The summed E-state index contributed by atoms with van der Waals surface area (Å²) < 4.78 is 11.2. The summed E-state index contributed by atoms with van der Waals surface area (Å²) in [5.41, 5.74) is 0. The van der Waals surface area contributed by atoms with Crippen LogP contribution >= 0.6 is 0 Å². The third kappa shape index (κ3) is 34.0. The lowest BCUT2D eigenvalue weighted by molar-refractivity contribution is -0.302. The molecule has 0 aromatic heterocycles. The first kappa shape index (κ1) is 59.6. The number of hydrogen-bond donors (Lipinski definition) is 6. The molecule has 7 unspecified atom stereocenters. The van der Waals surface area contributed by atoms with Gasteiger partial charge in [-0.1, -0.05) is 202 Å². The average molecular weight is 900 g/mol. The van der Waals surface area contributed by atoms with E-state index in [0.29, 0.717) is 6.42 Å². The second kappa shape index (κ2) is 44.5. The zero-order valence-electron chi connectivity index (χ0n) is 40.8. The van der Waals surface area contributed by atoms with Crippen molar-refractivity contribution < 1.29 is 39.8 Å². The number of hydrogen-bond acceptors (Lipinski definition) is 8. The lowest BCUT2D eigenvalue weighted by Gasteiger charge is -2.40. The molecule has 1 aliphatic rings. The topological polar surface area (TPSA) is 149 Å². The minimum Gasteiger partial charge on any atom is -0.394 e. The Bertz CT molecular complexity index is 1230. The van der Waals surface area contributed by atoms with Gasteiger partial charge in [-0.2, -0.15) is 0 Å². The van der Waals surface area contributed by atoms with Gasteiger partial charge < -0.3 is 40.3 Å². The molecular formula is C55H97NO8. The molecule has 370 valence electrons. The molecule has 0 spiro atoms. The molecule has 9 nitrogen and oxygen atoms in total. The van der Waals surface area contributed by atoms with Gasteiger partial charge in [-0.15, -0.1) is 0 Å². The first-order chi connectivity index (χ1) is 31.3. The van der Waals surface area contributed by atoms with Crippen LogP contribution < -0.4 is 5.32 Å². The molecule has 0 bridgehead atoms. The fourth-order valence-electron chi connectivity index (χ4n) is 7.77. The second-order valence-corrected chi connectivity index (χ2v) is 17.9. The van der Waals surface area contributed by atoms with E-state index >= 15 is 0 Å². The zero-order chi connectivity index (χ0) is 46.6. The first-order valence-corrected chi connectivity index (χ1v) is 26.2. The molecule has 0 aromatic carbocycles. The van der Waals surface area contributed by atoms with Crippen molar-refractivity contribution in [3.05, 3.63) is 72.9 Å². The third-order valence-corrected chi connectivity index (χ3v) is 12.0. The van der Waals surface area contributed by atoms with E-state index in [4.69, 9.17) is 9.47 Å². The lowest BCUT2D eigenvalue weighted by atomic mass is 9.99. The molecule has 1 rings (SSSR count). The molecule has 1 aliphatic heterocycles. The number of allylic oxidation sites excluding steroid dienone is 11. The van der Waals surface area contributed by atoms with E-state index < -0.39 is 49.5 Å². The van der Waals surface area contributed by atoms with E-state index in [-0.39, 0.29) is 12.5 Å². The van der Waals surface area contributed by atoms with Crippen molar-refractivity contribution in [2.24, 2.45) is 0 Å². The van der Waals surface area contributed by atoms with Gasteiger partial charge in [0.05, 0.1) is 25.4 Å². The van der Waals surface area contributed by atoms with Gasteiger partial charge in [0.2, 0.25) is 5.91 Å². The number of ether oxygens (including phenoxy) is 2. The molecular weight excluding hydrogens is 803 g/mol. The van der Waals surface area contributed by atoms with Crippen LogP contribution in [0.5, 0.6) is 0 Å². The Morgan fingerprint density at radius 3 is 1.47 bits per heavy atom. The van der Waals surface area contributed by atoms with Crippen LogP contribution in [0.1, 0.15) is 213 Å². The summed E-state index contributed by atoms with van der Waals surface area (Å²) in [7, 11) is 0. The van der Waals surface area contributed by atoms with Crippen LogP contribution in [0.4, 0.5) is 0 Å². The van der Waals surface area contributed by atoms with Crippen molar-refractivity contribution in [1.29, 1.82) is 0 Å². The van der Waals surface area contributed by atoms with Crippen LogP contribution in [0.2, 0.25) is 0 Å². The van der Waals surface area contributed by atoms with Crippen LogP contribution in [0.15, 0.2) is 72.9 Å². The van der Waals surface area contributed by atoms with Crippen molar-refractivity contribution in [3.63, 3.8) is 0 Å². The maximum Gasteiger partial charge on any atom is 0.220 e. The number of rotatable bonds is 43. The van der Waals surface area contributed by atoms with E-state index in [2.05, 4.69) is 79.9 Å². The predicted octanol–water partition coefficient (Wildman–Crippen LogP) is 12.1. The molecule has 0 saturated carbocycles. The Labute approximate surface area is 391 Å². The van der Waals surface area contributed by atoms with E-state index in [1.54, 1.807) is 6.08 Å². The average Bonchev–Trinajstić information content (AvgIpc) is 3.29. The van der Waals surface area contributed by atoms with Crippen molar-refractivity contribution in [1.82, 2.24) is 5.32 Å². The van der Waals surface area contributed by atoms with Crippen LogP contribution in [0.25, 0.3) is 0 Å². The molecule has 1 saturated heterocycles. The minimum absolute atomic E-state index is 0.195. The standard InChI is InChI=1S/C55H97NO8/c1-3-5-7-9-11-13-15-17-18-19-20-21-22-23-24-25-26-27-28-29-30-31-32-33-35-37-39-41-43-45-51(59)56-48(47-63-55-54(62)53(61)52(60)50(46-57)64-55)49(58)44-42-40-38-36-34-16-14-12-10-8-6-4-2/h10,12,15,17,19-20,22-23,34,36,42,44,48-50,52-55,57-58,60-62H,3-9,11,13-14,16,18,21,24-33,35,37-41,43,45-47H2,1-2H3,(H,56,59)/b12-10+,17-15-,20-19-,23-22-,36-34+,44-42+. The second-order valence-electron chi connectivity index (χ2n) is 17.9. The highest BCUT2D eigenvalue weighted by molar-refractivity contribution is 5.76. The van der Waals surface area contributed by atoms with Crippen LogP contribution in [0.3, 0.4) is 0 Å². The maximum atomic E-state index is 13.0. The normalized spacial score (nSPS) is 20.6. The smallest absolute Gasteiger partial charge is 0.220 e. The van der Waals surface area contributed by atoms with Gasteiger partial charge in [0.15, 0.2) is 6.29 Å². The number of nitrogens with one attached hydrogen (secondary N) is 1. The quantitative estimate of drug-likeness (QED) is 0.0262.